The van der Waals surface area contributed by atoms with Gasteiger partial charge in [0.1, 0.15) is 17.7 Å². The first kappa shape index (κ1) is 69.3. The van der Waals surface area contributed by atoms with Gasteiger partial charge in [-0.3, -0.25) is 9.59 Å². The van der Waals surface area contributed by atoms with E-state index in [1.165, 1.54) is 225 Å². The number of hydrogen-bond donors (Lipinski definition) is 3. The van der Waals surface area contributed by atoms with E-state index in [1.807, 2.05) is 6.92 Å². The standard InChI is InChI=1S/C37H71N3O2.C14H30O.C3H6.C2H4O.C2H4/c1-5-8-11-12-18-23-30-40(32-25-29-39-35-34(38-4)36(41)37(35)42)31-24-19-16-14-13-15-17-22-28-33(26-20-9-6-2)27-21-10-7-3;1-3-5-7-10-14(12-9-13-15)11-8-6-4-2;1-3-2;1-2-3;1-2/h33,38-39H,5-32H2,1-4H3;14-15H,3-13H2,1-2H3;3H,1H2,2H3;2H,1H3;1-2H2. The summed E-state index contributed by atoms with van der Waals surface area (Å²) in [6.07, 6.45) is 48.7. The second-order valence-electron chi connectivity index (χ2n) is 18.4. The molecule has 3 N–H and O–H groups in total. The van der Waals surface area contributed by atoms with Crippen LogP contribution in [0.25, 0.3) is 0 Å². The Bertz CT molecular complexity index is 1110. The van der Waals surface area contributed by atoms with Gasteiger partial charge in [-0.25, -0.2) is 0 Å². The van der Waals surface area contributed by atoms with E-state index in [9.17, 15) is 9.59 Å². The Kier molecular flexibility index (Phi) is 63.7. The molecule has 0 amide bonds. The molecule has 0 bridgehead atoms. The molecule has 0 saturated heterocycles. The van der Waals surface area contributed by atoms with Crippen molar-refractivity contribution in [3.63, 3.8) is 0 Å². The Labute approximate surface area is 406 Å². The van der Waals surface area contributed by atoms with Gasteiger partial charge in [0, 0.05) is 20.2 Å². The Balaban J connectivity index is -0.000000667. The van der Waals surface area contributed by atoms with Crippen molar-refractivity contribution in [2.45, 2.75) is 267 Å². The van der Waals surface area contributed by atoms with Crippen molar-refractivity contribution in [1.82, 2.24) is 4.90 Å². The summed E-state index contributed by atoms with van der Waals surface area (Å²) in [6, 6.07) is 0. The fourth-order valence-corrected chi connectivity index (χ4v) is 8.57. The number of carbonyl (C=O) groups excluding carboxylic acids is 1. The van der Waals surface area contributed by atoms with E-state index in [4.69, 9.17) is 9.90 Å². The highest BCUT2D eigenvalue weighted by atomic mass is 16.3. The third-order valence-corrected chi connectivity index (χ3v) is 12.4. The molecule has 7 heteroatoms. The van der Waals surface area contributed by atoms with Crippen LogP contribution in [0, 0.1) is 11.8 Å². The molecule has 0 unspecified atom stereocenters. The summed E-state index contributed by atoms with van der Waals surface area (Å²) in [5.41, 5.74) is 0.146. The molecule has 0 saturated carbocycles. The molecule has 1 aromatic carbocycles. The number of rotatable bonds is 43. The highest BCUT2D eigenvalue weighted by Crippen LogP contribution is 2.25. The molecule has 0 aliphatic rings. The van der Waals surface area contributed by atoms with Gasteiger partial charge in [-0.15, -0.1) is 19.7 Å². The van der Waals surface area contributed by atoms with E-state index in [0.717, 1.165) is 44.1 Å². The first-order chi connectivity index (χ1) is 31.8. The minimum Gasteiger partial charge on any atom is -0.396 e. The molecule has 0 aliphatic heterocycles. The van der Waals surface area contributed by atoms with Gasteiger partial charge < -0.3 is 25.4 Å². The molecule has 0 heterocycles. The Hall–Kier alpha value is -2.25. The quantitative estimate of drug-likeness (QED) is 0.0260. The minimum atomic E-state index is -0.394. The molecule has 0 aliphatic carbocycles. The van der Waals surface area contributed by atoms with Crippen LogP contribution < -0.4 is 21.5 Å². The number of carbonyl (C=O) groups is 1. The molecule has 65 heavy (non-hydrogen) atoms. The Morgan fingerprint density at radius 1 is 0.492 bits per heavy atom. The zero-order valence-corrected chi connectivity index (χ0v) is 45.1. The average molecular weight is 919 g/mol. The first-order valence-electron chi connectivity index (χ1n) is 27.8. The van der Waals surface area contributed by atoms with Gasteiger partial charge in [-0.05, 0) is 77.4 Å². The predicted octanol–water partition coefficient (Wildman–Crippen LogP) is 16.8. The fraction of sp³-hybridized carbons (Fsp3) is 0.845. The van der Waals surface area contributed by atoms with Gasteiger partial charge in [0.15, 0.2) is 0 Å². The highest BCUT2D eigenvalue weighted by molar-refractivity contribution is 5.73. The number of allylic oxidation sites excluding steroid dienone is 1. The lowest BCUT2D eigenvalue weighted by Gasteiger charge is -2.23. The number of hydrogen-bond acceptors (Lipinski definition) is 7. The van der Waals surface area contributed by atoms with Crippen molar-refractivity contribution >= 4 is 17.7 Å². The fourth-order valence-electron chi connectivity index (χ4n) is 8.57. The van der Waals surface area contributed by atoms with Crippen LogP contribution in [0.15, 0.2) is 35.4 Å². The third-order valence-electron chi connectivity index (χ3n) is 12.4. The van der Waals surface area contributed by atoms with Gasteiger partial charge >= 0.3 is 0 Å². The Morgan fingerprint density at radius 2 is 0.769 bits per heavy atom. The van der Waals surface area contributed by atoms with Gasteiger partial charge in [-0.1, -0.05) is 227 Å². The molecule has 7 nitrogen and oxygen atoms in total. The van der Waals surface area contributed by atoms with E-state index in [2.05, 4.69) is 69.9 Å². The molecule has 0 radical (unpaired) electrons. The number of aldehydes is 1. The number of aliphatic hydroxyl groups is 1. The summed E-state index contributed by atoms with van der Waals surface area (Å²) in [7, 11) is 1.70. The van der Waals surface area contributed by atoms with E-state index < -0.39 is 5.43 Å². The van der Waals surface area contributed by atoms with E-state index >= 15 is 0 Å². The summed E-state index contributed by atoms with van der Waals surface area (Å²) in [6.45, 7) is 28.7. The smallest absolute Gasteiger partial charge is 0.253 e. The van der Waals surface area contributed by atoms with Crippen molar-refractivity contribution in [3.05, 3.63) is 46.3 Å². The van der Waals surface area contributed by atoms with Crippen molar-refractivity contribution in [2.24, 2.45) is 11.8 Å². The van der Waals surface area contributed by atoms with Crippen LogP contribution in [0.2, 0.25) is 0 Å². The van der Waals surface area contributed by atoms with Gasteiger partial charge in [-0.2, -0.15) is 0 Å². The first-order valence-corrected chi connectivity index (χ1v) is 27.8. The molecule has 1 aromatic rings. The molecule has 0 fully saturated rings. The van der Waals surface area contributed by atoms with Crippen LogP contribution in [-0.4, -0.2) is 56.1 Å². The zero-order chi connectivity index (χ0) is 49.4. The summed E-state index contributed by atoms with van der Waals surface area (Å²) in [5, 5.41) is 14.9. The molecule has 0 atom stereocenters. The summed E-state index contributed by atoms with van der Waals surface area (Å²) in [5.74, 6) is 1.88. The third kappa shape index (κ3) is 48.0. The van der Waals surface area contributed by atoms with E-state index in [1.54, 1.807) is 13.1 Å². The van der Waals surface area contributed by atoms with Crippen molar-refractivity contribution in [1.29, 1.82) is 0 Å². The zero-order valence-electron chi connectivity index (χ0n) is 45.1. The minimum absolute atomic E-state index is 0.373. The maximum absolute atomic E-state index is 11.8. The SMILES string of the molecule is C=C.C=CC.CC=O.CCCCCC(CCCO)CCCCC.CCCCCCCCN(CCCCCCCCCCC(CCCCC)CCCCC)CCCNc1c(NC)c(=O)c1=O. The lowest BCUT2D eigenvalue weighted by Crippen LogP contribution is -2.37. The highest BCUT2D eigenvalue weighted by Gasteiger charge is 2.19. The summed E-state index contributed by atoms with van der Waals surface area (Å²) < 4.78 is 0. The van der Waals surface area contributed by atoms with Crippen molar-refractivity contribution in [3.8, 4) is 0 Å². The van der Waals surface area contributed by atoms with Gasteiger partial charge in [0.05, 0.1) is 0 Å². The second kappa shape index (κ2) is 59.8. The summed E-state index contributed by atoms with van der Waals surface area (Å²) >= 11 is 0. The lowest BCUT2D eigenvalue weighted by molar-refractivity contribution is -0.106. The maximum atomic E-state index is 11.8. The molecular weight excluding hydrogens is 803 g/mol. The van der Waals surface area contributed by atoms with Crippen LogP contribution in [0.4, 0.5) is 11.4 Å². The maximum Gasteiger partial charge on any atom is 0.253 e. The van der Waals surface area contributed by atoms with Crippen LogP contribution >= 0.6 is 0 Å². The normalized spacial score (nSPS) is 10.6. The van der Waals surface area contributed by atoms with Crippen molar-refractivity contribution in [2.75, 3.05) is 50.5 Å². The molecule has 0 spiro atoms. The number of unbranched alkanes of at least 4 members (excludes halogenated alkanes) is 20. The van der Waals surface area contributed by atoms with Crippen LogP contribution in [-0.2, 0) is 4.79 Å². The topological polar surface area (TPSA) is 98.7 Å². The number of nitrogens with zero attached hydrogens (tertiary/aromatic N) is 1. The van der Waals surface area contributed by atoms with Crippen LogP contribution in [0.5, 0.6) is 0 Å². The largest absolute Gasteiger partial charge is 0.396 e. The molecule has 386 valence electrons. The molecule has 1 rings (SSSR count). The predicted molar refractivity (Wildman–Crippen MR) is 294 cm³/mol. The number of anilines is 2. The summed E-state index contributed by atoms with van der Waals surface area (Å²) in [4.78, 5) is 34.9. The van der Waals surface area contributed by atoms with Crippen molar-refractivity contribution < 1.29 is 9.90 Å². The number of aliphatic hydroxyl groups excluding tert-OH is 1. The molecule has 0 aromatic heterocycles. The van der Waals surface area contributed by atoms with Gasteiger partial charge in [0.25, 0.3) is 10.9 Å². The van der Waals surface area contributed by atoms with E-state index in [-0.39, 0.29) is 5.43 Å². The second-order valence-corrected chi connectivity index (χ2v) is 18.4. The van der Waals surface area contributed by atoms with Crippen LogP contribution in [0.1, 0.15) is 267 Å². The van der Waals surface area contributed by atoms with Crippen LogP contribution in [0.3, 0.4) is 0 Å². The number of nitrogens with one attached hydrogen (secondary N) is 2. The van der Waals surface area contributed by atoms with Gasteiger partial charge in [0.2, 0.25) is 0 Å². The Morgan fingerprint density at radius 3 is 1.12 bits per heavy atom. The molecular formula is C58H115N3O4. The lowest BCUT2D eigenvalue weighted by atomic mass is 9.90. The van der Waals surface area contributed by atoms with E-state index in [0.29, 0.717) is 18.0 Å². The average Bonchev–Trinajstić information content (AvgIpc) is 3.31. The monoisotopic (exact) mass is 918 g/mol.